The molecule has 0 spiro atoms. The summed E-state index contributed by atoms with van der Waals surface area (Å²) in [5.74, 6) is 1.10. The van der Waals surface area contributed by atoms with Gasteiger partial charge in [0.2, 0.25) is 0 Å². The Morgan fingerprint density at radius 2 is 2.09 bits per heavy atom. The van der Waals surface area contributed by atoms with E-state index >= 15 is 0 Å². The molecule has 0 atom stereocenters. The van der Waals surface area contributed by atoms with Gasteiger partial charge in [0.25, 0.3) is 12.0 Å². The van der Waals surface area contributed by atoms with E-state index in [2.05, 4.69) is 4.98 Å². The van der Waals surface area contributed by atoms with Gasteiger partial charge in [-0.05, 0) is 48.6 Å². The molecule has 6 rings (SSSR count). The van der Waals surface area contributed by atoms with E-state index in [1.807, 2.05) is 18.2 Å². The Balaban J connectivity index is 1.66. The highest BCUT2D eigenvalue weighted by Gasteiger charge is 2.29. The fraction of sp³-hybridized carbons (Fsp3) is 0.240. The standard InChI is InChI=1S/C25H19F2N3O3S2/c1-33-13-4-5-15(18(8-13)12-2-3-12)23-29-24-19(25(32)30(23)10-14-9-28-11-34-14)16-6-7-17(22(26)27)20(31)21(16)35-24/h4-9,11-12,22,31H,2-3,10H2,1H3. The van der Waals surface area contributed by atoms with Crippen LogP contribution in [0.2, 0.25) is 0 Å². The van der Waals surface area contributed by atoms with E-state index in [0.717, 1.165) is 45.9 Å². The van der Waals surface area contributed by atoms with Crippen LogP contribution < -0.4 is 10.3 Å². The van der Waals surface area contributed by atoms with Gasteiger partial charge in [-0.1, -0.05) is 6.07 Å². The summed E-state index contributed by atoms with van der Waals surface area (Å²) in [6.45, 7) is 0.274. The number of aromatic nitrogens is 3. The second-order valence-corrected chi connectivity index (χ2v) is 10.5. The molecule has 2 aromatic carbocycles. The molecule has 0 saturated heterocycles. The van der Waals surface area contributed by atoms with Crippen molar-refractivity contribution in [3.8, 4) is 22.9 Å². The van der Waals surface area contributed by atoms with Gasteiger partial charge in [-0.3, -0.25) is 14.3 Å². The molecule has 0 amide bonds. The lowest BCUT2D eigenvalue weighted by atomic mass is 10.0. The molecular weight excluding hydrogens is 492 g/mol. The highest BCUT2D eigenvalue weighted by molar-refractivity contribution is 7.25. The fourth-order valence-corrected chi connectivity index (χ4v) is 6.13. The quantitative estimate of drug-likeness (QED) is 0.289. The Morgan fingerprint density at radius 3 is 2.77 bits per heavy atom. The predicted octanol–water partition coefficient (Wildman–Crippen LogP) is 6.31. The summed E-state index contributed by atoms with van der Waals surface area (Å²) < 4.78 is 34.1. The summed E-state index contributed by atoms with van der Waals surface area (Å²) in [5.41, 5.74) is 2.87. The molecule has 1 aliphatic rings. The molecule has 0 aliphatic heterocycles. The van der Waals surface area contributed by atoms with Crippen molar-refractivity contribution in [3.63, 3.8) is 0 Å². The molecule has 6 nitrogen and oxygen atoms in total. The van der Waals surface area contributed by atoms with Crippen molar-refractivity contribution in [1.29, 1.82) is 0 Å². The summed E-state index contributed by atoms with van der Waals surface area (Å²) in [5, 5.41) is 11.3. The van der Waals surface area contributed by atoms with Crippen LogP contribution in [-0.2, 0) is 6.54 Å². The maximum absolute atomic E-state index is 13.9. The Bertz CT molecular complexity index is 1640. The molecule has 178 valence electrons. The van der Waals surface area contributed by atoms with Crippen molar-refractivity contribution < 1.29 is 18.6 Å². The first kappa shape index (κ1) is 22.1. The van der Waals surface area contributed by atoms with Gasteiger partial charge in [0.1, 0.15) is 22.2 Å². The molecule has 0 bridgehead atoms. The lowest BCUT2D eigenvalue weighted by Gasteiger charge is -2.16. The average Bonchev–Trinajstić information content (AvgIpc) is 3.43. The largest absolute Gasteiger partial charge is 0.506 e. The number of alkyl halides is 2. The number of ether oxygens (including phenoxy) is 1. The topological polar surface area (TPSA) is 77.2 Å². The summed E-state index contributed by atoms with van der Waals surface area (Å²) in [7, 11) is 1.62. The number of hydrogen-bond acceptors (Lipinski definition) is 7. The number of hydrogen-bond donors (Lipinski definition) is 1. The number of fused-ring (bicyclic) bond motifs is 3. The number of nitrogens with zero attached hydrogens (tertiary/aromatic N) is 3. The third kappa shape index (κ3) is 3.68. The van der Waals surface area contributed by atoms with Crippen molar-refractivity contribution in [2.45, 2.75) is 31.7 Å². The minimum Gasteiger partial charge on any atom is -0.506 e. The zero-order valence-corrected chi connectivity index (χ0v) is 20.1. The fourth-order valence-electron chi connectivity index (χ4n) is 4.43. The van der Waals surface area contributed by atoms with Crippen LogP contribution in [0.5, 0.6) is 11.5 Å². The molecule has 10 heteroatoms. The van der Waals surface area contributed by atoms with Crippen LogP contribution >= 0.6 is 22.7 Å². The molecule has 1 N–H and O–H groups in total. The smallest absolute Gasteiger partial charge is 0.267 e. The zero-order valence-electron chi connectivity index (χ0n) is 18.5. The van der Waals surface area contributed by atoms with Crippen molar-refractivity contribution in [1.82, 2.24) is 14.5 Å². The van der Waals surface area contributed by atoms with Gasteiger partial charge in [-0.2, -0.15) is 0 Å². The third-order valence-corrected chi connectivity index (χ3v) is 8.19. The van der Waals surface area contributed by atoms with Crippen LogP contribution in [0.25, 0.3) is 31.7 Å². The molecule has 1 aliphatic carbocycles. The van der Waals surface area contributed by atoms with Crippen LogP contribution in [0.3, 0.4) is 0 Å². The number of phenolic OH excluding ortho intramolecular Hbond substituents is 1. The zero-order chi connectivity index (χ0) is 24.3. The highest BCUT2D eigenvalue weighted by Crippen LogP contribution is 2.46. The van der Waals surface area contributed by atoms with Gasteiger partial charge < -0.3 is 9.84 Å². The number of rotatable bonds is 6. The van der Waals surface area contributed by atoms with E-state index in [1.54, 1.807) is 23.4 Å². The van der Waals surface area contributed by atoms with E-state index in [1.165, 1.54) is 23.5 Å². The molecule has 0 radical (unpaired) electrons. The van der Waals surface area contributed by atoms with E-state index in [-0.39, 0.29) is 16.8 Å². The molecule has 0 unspecified atom stereocenters. The number of aromatic hydroxyl groups is 1. The maximum Gasteiger partial charge on any atom is 0.267 e. The molecular formula is C25H19F2N3O3S2. The number of halogens is 2. The molecule has 1 fully saturated rings. The minimum atomic E-state index is -2.82. The molecule has 3 aromatic heterocycles. The van der Waals surface area contributed by atoms with Crippen LogP contribution in [-0.4, -0.2) is 26.8 Å². The van der Waals surface area contributed by atoms with Crippen molar-refractivity contribution in [2.24, 2.45) is 0 Å². The van der Waals surface area contributed by atoms with Crippen molar-refractivity contribution >= 4 is 43.0 Å². The number of benzene rings is 2. The van der Waals surface area contributed by atoms with E-state index in [4.69, 9.17) is 9.72 Å². The summed E-state index contributed by atoms with van der Waals surface area (Å²) >= 11 is 2.49. The van der Waals surface area contributed by atoms with Gasteiger partial charge in [0.05, 0.1) is 34.8 Å². The third-order valence-electron chi connectivity index (χ3n) is 6.32. The number of phenols is 1. The van der Waals surface area contributed by atoms with Crippen molar-refractivity contribution in [3.05, 3.63) is 68.4 Å². The lowest BCUT2D eigenvalue weighted by Crippen LogP contribution is -2.23. The minimum absolute atomic E-state index is 0.237. The van der Waals surface area contributed by atoms with Crippen LogP contribution in [0.1, 0.15) is 41.2 Å². The first-order valence-electron chi connectivity index (χ1n) is 11.0. The molecule has 35 heavy (non-hydrogen) atoms. The summed E-state index contributed by atoms with van der Waals surface area (Å²) in [6.07, 6.45) is 0.993. The Labute approximate surface area is 206 Å². The monoisotopic (exact) mass is 511 g/mol. The first-order valence-corrected chi connectivity index (χ1v) is 12.7. The Morgan fingerprint density at radius 1 is 1.26 bits per heavy atom. The number of methoxy groups -OCH3 is 1. The Hall–Kier alpha value is -3.37. The first-order chi connectivity index (χ1) is 17.0. The van der Waals surface area contributed by atoms with E-state index in [9.17, 15) is 18.7 Å². The predicted molar refractivity (Wildman–Crippen MR) is 133 cm³/mol. The van der Waals surface area contributed by atoms with E-state index in [0.29, 0.717) is 27.3 Å². The Kier molecular flexibility index (Phi) is 5.30. The number of thiophene rings is 1. The van der Waals surface area contributed by atoms with Crippen LogP contribution in [0, 0.1) is 0 Å². The van der Waals surface area contributed by atoms with Crippen LogP contribution in [0.4, 0.5) is 8.78 Å². The normalized spacial score (nSPS) is 13.8. The van der Waals surface area contributed by atoms with Gasteiger partial charge in [-0.15, -0.1) is 22.7 Å². The van der Waals surface area contributed by atoms with Gasteiger partial charge in [0.15, 0.2) is 0 Å². The SMILES string of the molecule is COc1ccc(-c2nc3sc4c(O)c(C(F)F)ccc4c3c(=O)n2Cc2cncs2)c(C2CC2)c1. The van der Waals surface area contributed by atoms with Gasteiger partial charge in [-0.25, -0.2) is 13.8 Å². The summed E-state index contributed by atoms with van der Waals surface area (Å²) in [4.78, 5) is 24.2. The lowest BCUT2D eigenvalue weighted by molar-refractivity contribution is 0.148. The molecule has 3 heterocycles. The molecule has 5 aromatic rings. The van der Waals surface area contributed by atoms with Gasteiger partial charge >= 0.3 is 0 Å². The summed E-state index contributed by atoms with van der Waals surface area (Å²) in [6, 6.07) is 8.40. The molecule has 1 saturated carbocycles. The van der Waals surface area contributed by atoms with E-state index < -0.39 is 17.7 Å². The van der Waals surface area contributed by atoms with Crippen molar-refractivity contribution in [2.75, 3.05) is 7.11 Å². The average molecular weight is 512 g/mol. The number of thiazole rings is 1. The highest BCUT2D eigenvalue weighted by atomic mass is 32.1. The maximum atomic E-state index is 13.9. The van der Waals surface area contributed by atoms with Crippen LogP contribution in [0.15, 0.2) is 46.8 Å². The van der Waals surface area contributed by atoms with Gasteiger partial charge in [0, 0.05) is 22.0 Å². The second kappa shape index (κ2) is 8.39. The second-order valence-electron chi connectivity index (χ2n) is 8.48.